The zero-order valence-corrected chi connectivity index (χ0v) is 13.9. The molecule has 0 aromatic heterocycles. The maximum Gasteiger partial charge on any atom is 0.0359 e. The van der Waals surface area contributed by atoms with Gasteiger partial charge in [0.15, 0.2) is 0 Å². The predicted molar refractivity (Wildman–Crippen MR) is 88.8 cm³/mol. The van der Waals surface area contributed by atoms with Crippen LogP contribution in [0.25, 0.3) is 0 Å². The van der Waals surface area contributed by atoms with Gasteiger partial charge in [-0.15, -0.1) is 0 Å². The largest absolute Gasteiger partial charge is 0.313 e. The third-order valence-corrected chi connectivity index (χ3v) is 4.43. The summed E-state index contributed by atoms with van der Waals surface area (Å²) in [6, 6.07) is 17.4. The molecule has 0 spiro atoms. The summed E-state index contributed by atoms with van der Waals surface area (Å²) in [5, 5.41) is 3.40. The molecule has 2 aromatic carbocycles. The van der Waals surface area contributed by atoms with E-state index in [0.717, 1.165) is 6.42 Å². The van der Waals surface area contributed by atoms with Gasteiger partial charge >= 0.3 is 0 Å². The fourth-order valence-corrected chi connectivity index (χ4v) is 3.01. The Balaban J connectivity index is 2.23. The molecule has 1 nitrogen and oxygen atoms in total. The summed E-state index contributed by atoms with van der Waals surface area (Å²) >= 11 is 5.97. The summed E-state index contributed by atoms with van der Waals surface area (Å²) in [6.07, 6.45) is 0.984. The molecule has 1 atom stereocenters. The highest BCUT2D eigenvalue weighted by atomic mass is 127. The fourth-order valence-electron chi connectivity index (χ4n) is 1.99. The molecule has 0 aliphatic carbocycles. The molecule has 1 unspecified atom stereocenters. The van der Waals surface area contributed by atoms with Gasteiger partial charge in [-0.1, -0.05) is 46.3 Å². The molecule has 0 aliphatic heterocycles. The second-order valence-electron chi connectivity index (χ2n) is 4.19. The second kappa shape index (κ2) is 6.68. The highest BCUT2D eigenvalue weighted by Crippen LogP contribution is 2.24. The average molecular weight is 416 g/mol. The Labute approximate surface area is 130 Å². The van der Waals surface area contributed by atoms with Crippen LogP contribution < -0.4 is 5.32 Å². The van der Waals surface area contributed by atoms with E-state index in [1.165, 1.54) is 19.2 Å². The highest BCUT2D eigenvalue weighted by Gasteiger charge is 2.11. The Bertz CT molecular complexity index is 527. The Morgan fingerprint density at radius 1 is 1.17 bits per heavy atom. The van der Waals surface area contributed by atoms with Gasteiger partial charge in [-0.05, 0) is 65.4 Å². The lowest BCUT2D eigenvalue weighted by atomic mass is 9.99. The van der Waals surface area contributed by atoms with Gasteiger partial charge in [0.25, 0.3) is 0 Å². The quantitative estimate of drug-likeness (QED) is 0.722. The van der Waals surface area contributed by atoms with Crippen LogP contribution in [0.3, 0.4) is 0 Å². The third-order valence-electron chi connectivity index (χ3n) is 2.98. The van der Waals surface area contributed by atoms with Gasteiger partial charge in [0.05, 0.1) is 0 Å². The zero-order valence-electron chi connectivity index (χ0n) is 10.2. The van der Waals surface area contributed by atoms with Crippen molar-refractivity contribution < 1.29 is 0 Å². The maximum atomic E-state index is 3.61. The minimum Gasteiger partial charge on any atom is -0.313 e. The van der Waals surface area contributed by atoms with E-state index in [1.54, 1.807) is 0 Å². The molecule has 2 aromatic rings. The Morgan fingerprint density at radius 3 is 2.61 bits per heavy atom. The van der Waals surface area contributed by atoms with Crippen LogP contribution in [-0.4, -0.2) is 7.05 Å². The van der Waals surface area contributed by atoms with E-state index in [-0.39, 0.29) is 0 Å². The summed E-state index contributed by atoms with van der Waals surface area (Å²) in [4.78, 5) is 0. The van der Waals surface area contributed by atoms with Crippen molar-refractivity contribution in [2.75, 3.05) is 7.05 Å². The third kappa shape index (κ3) is 3.56. The number of hydrogen-bond donors (Lipinski definition) is 1. The molecule has 0 saturated heterocycles. The predicted octanol–water partition coefficient (Wildman–Crippen LogP) is 4.56. The van der Waals surface area contributed by atoms with Crippen LogP contribution in [0.4, 0.5) is 0 Å². The lowest BCUT2D eigenvalue weighted by molar-refractivity contribution is 0.591. The number of likely N-dealkylation sites (N-methyl/N-ethyl adjacent to an activating group) is 1. The number of nitrogens with one attached hydrogen (secondary N) is 1. The summed E-state index contributed by atoms with van der Waals surface area (Å²) < 4.78 is 2.45. The molecule has 3 heteroatoms. The molecule has 0 aliphatic rings. The normalized spacial score (nSPS) is 12.4. The highest BCUT2D eigenvalue weighted by molar-refractivity contribution is 14.1. The summed E-state index contributed by atoms with van der Waals surface area (Å²) in [6.45, 7) is 0. The van der Waals surface area contributed by atoms with Crippen molar-refractivity contribution >= 4 is 38.5 Å². The van der Waals surface area contributed by atoms with Crippen LogP contribution in [0.15, 0.2) is 53.0 Å². The summed E-state index contributed by atoms with van der Waals surface area (Å²) in [5.41, 5.74) is 2.66. The molecule has 1 N–H and O–H groups in total. The fraction of sp³-hybridized carbons (Fsp3) is 0.200. The first-order valence-electron chi connectivity index (χ1n) is 5.87. The Hall–Kier alpha value is -0.390. The molecule has 18 heavy (non-hydrogen) atoms. The monoisotopic (exact) mass is 415 g/mol. The van der Waals surface area contributed by atoms with Crippen LogP contribution in [0.1, 0.15) is 17.2 Å². The zero-order chi connectivity index (χ0) is 13.0. The van der Waals surface area contributed by atoms with Gasteiger partial charge in [-0.25, -0.2) is 0 Å². The van der Waals surface area contributed by atoms with E-state index in [2.05, 4.69) is 86.3 Å². The van der Waals surface area contributed by atoms with Gasteiger partial charge in [-0.2, -0.15) is 0 Å². The van der Waals surface area contributed by atoms with Gasteiger partial charge < -0.3 is 5.32 Å². The van der Waals surface area contributed by atoms with Crippen molar-refractivity contribution in [3.63, 3.8) is 0 Å². The smallest absolute Gasteiger partial charge is 0.0359 e. The molecule has 0 fully saturated rings. The van der Waals surface area contributed by atoms with Crippen molar-refractivity contribution in [1.82, 2.24) is 5.32 Å². The lowest BCUT2D eigenvalue weighted by Crippen LogP contribution is -2.19. The molecule has 94 valence electrons. The minimum atomic E-state index is 0.346. The van der Waals surface area contributed by atoms with Gasteiger partial charge in [-0.3, -0.25) is 0 Å². The van der Waals surface area contributed by atoms with Crippen LogP contribution in [0.2, 0.25) is 0 Å². The molecule has 2 rings (SSSR count). The van der Waals surface area contributed by atoms with E-state index in [9.17, 15) is 0 Å². The van der Waals surface area contributed by atoms with E-state index >= 15 is 0 Å². The second-order valence-corrected chi connectivity index (χ2v) is 6.29. The van der Waals surface area contributed by atoms with Crippen LogP contribution in [0.5, 0.6) is 0 Å². The van der Waals surface area contributed by atoms with Crippen molar-refractivity contribution in [3.05, 3.63) is 67.7 Å². The van der Waals surface area contributed by atoms with Gasteiger partial charge in [0, 0.05) is 14.1 Å². The molecule has 0 bridgehead atoms. The van der Waals surface area contributed by atoms with Crippen LogP contribution in [0, 0.1) is 3.57 Å². The van der Waals surface area contributed by atoms with E-state index in [1.807, 2.05) is 13.1 Å². The SMILES string of the molecule is CNC(Cc1ccccc1Br)c1cccc(I)c1. The Morgan fingerprint density at radius 2 is 1.94 bits per heavy atom. The summed E-state index contributed by atoms with van der Waals surface area (Å²) in [5.74, 6) is 0. The van der Waals surface area contributed by atoms with Crippen LogP contribution >= 0.6 is 38.5 Å². The molecule has 0 saturated carbocycles. The number of rotatable bonds is 4. The van der Waals surface area contributed by atoms with Gasteiger partial charge in [0.2, 0.25) is 0 Å². The molecule has 0 amide bonds. The lowest BCUT2D eigenvalue weighted by Gasteiger charge is -2.18. The van der Waals surface area contributed by atoms with Crippen molar-refractivity contribution in [1.29, 1.82) is 0 Å². The first-order chi connectivity index (χ1) is 8.70. The van der Waals surface area contributed by atoms with Gasteiger partial charge in [0.1, 0.15) is 0 Å². The van der Waals surface area contributed by atoms with Crippen molar-refractivity contribution in [3.8, 4) is 0 Å². The standard InChI is InChI=1S/C15H15BrIN/c1-18-15(12-6-4-7-13(17)9-12)10-11-5-2-3-8-14(11)16/h2-9,15,18H,10H2,1H3. The van der Waals surface area contributed by atoms with Crippen molar-refractivity contribution in [2.45, 2.75) is 12.5 Å². The average Bonchev–Trinajstić information content (AvgIpc) is 2.38. The summed E-state index contributed by atoms with van der Waals surface area (Å²) in [7, 11) is 2.02. The first kappa shape index (κ1) is 14.0. The Kier molecular flexibility index (Phi) is 5.21. The minimum absolute atomic E-state index is 0.346. The molecule has 0 radical (unpaired) electrons. The van der Waals surface area contributed by atoms with E-state index in [4.69, 9.17) is 0 Å². The number of hydrogen-bond acceptors (Lipinski definition) is 1. The number of benzene rings is 2. The van der Waals surface area contributed by atoms with E-state index in [0.29, 0.717) is 6.04 Å². The first-order valence-corrected chi connectivity index (χ1v) is 7.74. The molecular formula is C15H15BrIN. The number of halogens is 2. The topological polar surface area (TPSA) is 12.0 Å². The molecule has 0 heterocycles. The maximum absolute atomic E-state index is 3.61. The van der Waals surface area contributed by atoms with Crippen molar-refractivity contribution in [2.24, 2.45) is 0 Å². The molecular weight excluding hydrogens is 401 g/mol. The van der Waals surface area contributed by atoms with Crippen LogP contribution in [-0.2, 0) is 6.42 Å². The van der Waals surface area contributed by atoms with E-state index < -0.39 is 0 Å².